The first kappa shape index (κ1) is 22.3. The summed E-state index contributed by atoms with van der Waals surface area (Å²) in [7, 11) is 2.21. The van der Waals surface area contributed by atoms with Gasteiger partial charge in [0.15, 0.2) is 0 Å². The number of phosphoric ester groups is 1. The molecule has 7 nitrogen and oxygen atoms in total. The minimum absolute atomic E-state index is 0.176. The van der Waals surface area contributed by atoms with Crippen LogP contribution in [0, 0.1) is 0 Å². The molecule has 0 bridgehead atoms. The maximum absolute atomic E-state index is 11.6. The van der Waals surface area contributed by atoms with Crippen LogP contribution < -0.4 is 0 Å². The van der Waals surface area contributed by atoms with Crippen LogP contribution in [0.1, 0.15) is 32.1 Å². The van der Waals surface area contributed by atoms with Gasteiger partial charge in [-0.25, -0.2) is 9.36 Å². The van der Waals surface area contributed by atoms with E-state index in [0.717, 1.165) is 36.4 Å². The quantitative estimate of drug-likeness (QED) is 0.170. The predicted octanol–water partition coefficient (Wildman–Crippen LogP) is 2.51. The van der Waals surface area contributed by atoms with Crippen LogP contribution in [0.5, 0.6) is 0 Å². The Morgan fingerprint density at radius 2 is 1.57 bits per heavy atom. The fourth-order valence-electron chi connectivity index (χ4n) is 1.73. The van der Waals surface area contributed by atoms with Gasteiger partial charge in [-0.15, -0.1) is 0 Å². The number of hydrogen-bond donors (Lipinski definition) is 1. The first-order chi connectivity index (χ1) is 10.7. The molecule has 0 aliphatic carbocycles. The van der Waals surface area contributed by atoms with E-state index in [1.54, 1.807) is 0 Å². The third kappa shape index (κ3) is 15.9. The molecule has 0 saturated heterocycles. The smallest absolute Gasteiger partial charge is 0.463 e. The molecule has 0 amide bonds. The lowest BCUT2D eigenvalue weighted by Crippen LogP contribution is -2.35. The van der Waals surface area contributed by atoms with E-state index in [9.17, 15) is 14.3 Å². The van der Waals surface area contributed by atoms with E-state index in [2.05, 4.69) is 6.58 Å². The van der Waals surface area contributed by atoms with Crippen molar-refractivity contribution in [2.75, 3.05) is 47.5 Å². The molecule has 0 aliphatic rings. The number of carbonyl (C=O) groups is 1. The van der Waals surface area contributed by atoms with Crippen LogP contribution in [-0.4, -0.2) is 62.9 Å². The lowest BCUT2D eigenvalue weighted by molar-refractivity contribution is -0.870. The molecule has 23 heavy (non-hydrogen) atoms. The summed E-state index contributed by atoms with van der Waals surface area (Å²) in [5.41, 5.74) is 0. The van der Waals surface area contributed by atoms with Crippen LogP contribution in [0.15, 0.2) is 12.7 Å². The van der Waals surface area contributed by atoms with Crippen molar-refractivity contribution in [3.63, 3.8) is 0 Å². The minimum Gasteiger partial charge on any atom is -0.463 e. The number of hydrogen-bond acceptors (Lipinski definition) is 5. The first-order valence-corrected chi connectivity index (χ1v) is 9.37. The van der Waals surface area contributed by atoms with Gasteiger partial charge in [0.2, 0.25) is 0 Å². The highest BCUT2D eigenvalue weighted by molar-refractivity contribution is 7.47. The molecule has 0 aromatic carbocycles. The average molecular weight is 352 g/mol. The highest BCUT2D eigenvalue weighted by Crippen LogP contribution is 2.43. The highest BCUT2D eigenvalue weighted by Gasteiger charge is 2.20. The first-order valence-electron chi connectivity index (χ1n) is 7.88. The van der Waals surface area contributed by atoms with Crippen LogP contribution in [-0.2, 0) is 23.1 Å². The Bertz CT molecular complexity index is 394. The number of phosphoric acid groups is 1. The molecular weight excluding hydrogens is 321 g/mol. The second kappa shape index (κ2) is 11.8. The van der Waals surface area contributed by atoms with Crippen LogP contribution in [0.2, 0.25) is 0 Å². The predicted molar refractivity (Wildman–Crippen MR) is 88.9 cm³/mol. The van der Waals surface area contributed by atoms with Gasteiger partial charge in [-0.3, -0.25) is 9.05 Å². The summed E-state index contributed by atoms with van der Waals surface area (Å²) in [6.45, 7) is 4.91. The van der Waals surface area contributed by atoms with Crippen LogP contribution in [0.3, 0.4) is 0 Å². The minimum atomic E-state index is -3.94. The third-order valence-electron chi connectivity index (χ3n) is 2.93. The molecule has 0 fully saturated rings. The molecule has 136 valence electrons. The van der Waals surface area contributed by atoms with Gasteiger partial charge in [-0.1, -0.05) is 13.0 Å². The number of ether oxygens (including phenoxy) is 1. The number of carbonyl (C=O) groups excluding carboxylic acids is 1. The fraction of sp³-hybridized carbons (Fsp3) is 0.800. The standard InChI is InChI=1S/C15H30NO6P/c1-5-15(17)20-12-8-6-7-9-13-21-23(18,19)22-14-10-11-16(2,3)4/h5H,1,6-14H2,2-4H3/p+1. The zero-order valence-corrected chi connectivity index (χ0v) is 15.4. The maximum Gasteiger partial charge on any atom is 0.472 e. The molecule has 1 atom stereocenters. The summed E-state index contributed by atoms with van der Waals surface area (Å²) in [6.07, 6.45) is 4.91. The summed E-state index contributed by atoms with van der Waals surface area (Å²) in [6, 6.07) is 0. The Morgan fingerprint density at radius 1 is 1.04 bits per heavy atom. The van der Waals surface area contributed by atoms with E-state index >= 15 is 0 Å². The van der Waals surface area contributed by atoms with Crippen molar-refractivity contribution in [2.45, 2.75) is 32.1 Å². The number of unbranched alkanes of at least 4 members (excludes halogenated alkanes) is 3. The van der Waals surface area contributed by atoms with Crippen molar-refractivity contribution in [3.05, 3.63) is 12.7 Å². The van der Waals surface area contributed by atoms with Crippen molar-refractivity contribution in [3.8, 4) is 0 Å². The van der Waals surface area contributed by atoms with E-state index in [1.165, 1.54) is 0 Å². The normalized spacial score (nSPS) is 14.3. The lowest BCUT2D eigenvalue weighted by atomic mass is 10.2. The molecule has 0 aliphatic heterocycles. The molecule has 0 saturated carbocycles. The Labute approximate surface area is 139 Å². The molecule has 0 aromatic heterocycles. The Morgan fingerprint density at radius 3 is 2.09 bits per heavy atom. The van der Waals surface area contributed by atoms with Gasteiger partial charge in [0.1, 0.15) is 0 Å². The molecule has 0 heterocycles. The van der Waals surface area contributed by atoms with Gasteiger partial charge in [0, 0.05) is 12.5 Å². The Kier molecular flexibility index (Phi) is 11.4. The van der Waals surface area contributed by atoms with Crippen molar-refractivity contribution >= 4 is 13.8 Å². The number of rotatable bonds is 14. The summed E-state index contributed by atoms with van der Waals surface area (Å²) in [5, 5.41) is 0. The molecule has 0 radical (unpaired) electrons. The van der Waals surface area contributed by atoms with Crippen LogP contribution in [0.4, 0.5) is 0 Å². The Hall–Kier alpha value is -0.720. The van der Waals surface area contributed by atoms with E-state index in [4.69, 9.17) is 13.8 Å². The van der Waals surface area contributed by atoms with E-state index in [-0.39, 0.29) is 13.2 Å². The SMILES string of the molecule is C=CC(=O)OCCCCCCOP(=O)(O)OCCC[N+](C)(C)C. The Balaban J connectivity index is 3.53. The number of esters is 1. The zero-order valence-electron chi connectivity index (χ0n) is 14.5. The second-order valence-corrected chi connectivity index (χ2v) is 7.74. The van der Waals surface area contributed by atoms with E-state index < -0.39 is 13.8 Å². The van der Waals surface area contributed by atoms with Crippen molar-refractivity contribution in [1.29, 1.82) is 0 Å². The van der Waals surface area contributed by atoms with Crippen molar-refractivity contribution < 1.29 is 32.5 Å². The van der Waals surface area contributed by atoms with Gasteiger partial charge in [-0.2, -0.15) is 0 Å². The summed E-state index contributed by atoms with van der Waals surface area (Å²) < 4.78 is 27.1. The van der Waals surface area contributed by atoms with Gasteiger partial charge < -0.3 is 14.1 Å². The molecule has 1 unspecified atom stereocenters. The van der Waals surface area contributed by atoms with Crippen LogP contribution in [0.25, 0.3) is 0 Å². The molecule has 0 rings (SSSR count). The molecule has 0 spiro atoms. The number of nitrogens with zero attached hydrogens (tertiary/aromatic N) is 1. The average Bonchev–Trinajstić information content (AvgIpc) is 2.45. The summed E-state index contributed by atoms with van der Waals surface area (Å²) in [5.74, 6) is -0.419. The molecule has 8 heteroatoms. The topological polar surface area (TPSA) is 82.1 Å². The zero-order chi connectivity index (χ0) is 17.8. The van der Waals surface area contributed by atoms with Gasteiger partial charge in [-0.05, 0) is 19.3 Å². The van der Waals surface area contributed by atoms with E-state index in [0.29, 0.717) is 19.4 Å². The van der Waals surface area contributed by atoms with E-state index in [1.807, 2.05) is 21.1 Å². The van der Waals surface area contributed by atoms with Crippen LogP contribution >= 0.6 is 7.82 Å². The maximum atomic E-state index is 11.6. The van der Waals surface area contributed by atoms with Gasteiger partial charge in [0.25, 0.3) is 0 Å². The monoisotopic (exact) mass is 352 g/mol. The lowest BCUT2D eigenvalue weighted by Gasteiger charge is -2.23. The van der Waals surface area contributed by atoms with Crippen molar-refractivity contribution in [2.24, 2.45) is 0 Å². The third-order valence-corrected chi connectivity index (χ3v) is 3.95. The molecular formula is C15H31NO6P+. The fourth-order valence-corrected chi connectivity index (χ4v) is 2.52. The highest BCUT2D eigenvalue weighted by atomic mass is 31.2. The second-order valence-electron chi connectivity index (χ2n) is 6.29. The van der Waals surface area contributed by atoms with Gasteiger partial charge in [0.05, 0.1) is 47.5 Å². The van der Waals surface area contributed by atoms with Crippen molar-refractivity contribution in [1.82, 2.24) is 0 Å². The number of quaternary nitrogens is 1. The van der Waals surface area contributed by atoms with Gasteiger partial charge >= 0.3 is 13.8 Å². The molecule has 1 N–H and O–H groups in total. The largest absolute Gasteiger partial charge is 0.472 e. The summed E-state index contributed by atoms with van der Waals surface area (Å²) >= 11 is 0. The molecule has 0 aromatic rings. The summed E-state index contributed by atoms with van der Waals surface area (Å²) in [4.78, 5) is 20.3.